The van der Waals surface area contributed by atoms with E-state index >= 15 is 0 Å². The van der Waals surface area contributed by atoms with Gasteiger partial charge in [0.05, 0.1) is 5.69 Å². The molecule has 0 aliphatic carbocycles. The standard InChI is InChI=1S/C18H22ClN3O3/c1-13-17(14(2)25-20-13)11-21-7-9-22(10-8-21)18(23)12-24-16-5-3-15(19)4-6-16/h3-6H,7-12H2,1-2H3. The fraction of sp³-hybridized carbons (Fsp3) is 0.444. The van der Waals surface area contributed by atoms with E-state index in [0.717, 1.165) is 36.7 Å². The molecule has 7 heteroatoms. The topological polar surface area (TPSA) is 58.8 Å². The summed E-state index contributed by atoms with van der Waals surface area (Å²) in [7, 11) is 0. The van der Waals surface area contributed by atoms with Gasteiger partial charge < -0.3 is 14.2 Å². The number of halogens is 1. The third-order valence-corrected chi connectivity index (χ3v) is 4.72. The maximum Gasteiger partial charge on any atom is 0.260 e. The first-order valence-electron chi connectivity index (χ1n) is 8.33. The summed E-state index contributed by atoms with van der Waals surface area (Å²) in [6.45, 7) is 7.81. The number of hydrogen-bond acceptors (Lipinski definition) is 5. The van der Waals surface area contributed by atoms with E-state index in [1.165, 1.54) is 0 Å². The van der Waals surface area contributed by atoms with Gasteiger partial charge in [-0.05, 0) is 38.1 Å². The van der Waals surface area contributed by atoms with Crippen LogP contribution in [-0.2, 0) is 11.3 Å². The Kier molecular flexibility index (Phi) is 5.60. The number of rotatable bonds is 5. The molecule has 1 aromatic heterocycles. The minimum atomic E-state index is 0.00642. The predicted molar refractivity (Wildman–Crippen MR) is 94.8 cm³/mol. The minimum Gasteiger partial charge on any atom is -0.484 e. The zero-order valence-electron chi connectivity index (χ0n) is 14.5. The van der Waals surface area contributed by atoms with Crippen molar-refractivity contribution in [2.24, 2.45) is 0 Å². The van der Waals surface area contributed by atoms with E-state index in [1.54, 1.807) is 24.3 Å². The van der Waals surface area contributed by atoms with Crippen molar-refractivity contribution in [3.8, 4) is 5.75 Å². The monoisotopic (exact) mass is 363 g/mol. The molecule has 1 fully saturated rings. The van der Waals surface area contributed by atoms with Crippen molar-refractivity contribution in [1.29, 1.82) is 0 Å². The summed E-state index contributed by atoms with van der Waals surface area (Å²) >= 11 is 5.83. The van der Waals surface area contributed by atoms with Crippen LogP contribution >= 0.6 is 11.6 Å². The van der Waals surface area contributed by atoms with Crippen molar-refractivity contribution in [3.63, 3.8) is 0 Å². The van der Waals surface area contributed by atoms with Crippen LogP contribution in [0.15, 0.2) is 28.8 Å². The summed E-state index contributed by atoms with van der Waals surface area (Å²) in [5, 5.41) is 4.64. The summed E-state index contributed by atoms with van der Waals surface area (Å²) in [5.41, 5.74) is 2.08. The highest BCUT2D eigenvalue weighted by Crippen LogP contribution is 2.17. The largest absolute Gasteiger partial charge is 0.484 e. The van der Waals surface area contributed by atoms with Crippen molar-refractivity contribution < 1.29 is 14.1 Å². The lowest BCUT2D eigenvalue weighted by molar-refractivity contribution is -0.135. The van der Waals surface area contributed by atoms with Gasteiger partial charge in [-0.15, -0.1) is 0 Å². The van der Waals surface area contributed by atoms with Crippen LogP contribution < -0.4 is 4.74 Å². The SMILES string of the molecule is Cc1noc(C)c1CN1CCN(C(=O)COc2ccc(Cl)cc2)CC1. The third kappa shape index (κ3) is 4.52. The van der Waals surface area contributed by atoms with Gasteiger partial charge in [0.25, 0.3) is 5.91 Å². The zero-order valence-corrected chi connectivity index (χ0v) is 15.3. The fourth-order valence-corrected chi connectivity index (χ4v) is 3.00. The molecule has 0 spiro atoms. The van der Waals surface area contributed by atoms with Gasteiger partial charge in [0.15, 0.2) is 6.61 Å². The van der Waals surface area contributed by atoms with Crippen LogP contribution in [0.3, 0.4) is 0 Å². The molecule has 3 rings (SSSR count). The van der Waals surface area contributed by atoms with Crippen molar-refractivity contribution in [2.75, 3.05) is 32.8 Å². The zero-order chi connectivity index (χ0) is 17.8. The number of carbonyl (C=O) groups excluding carboxylic acids is 1. The molecular formula is C18H22ClN3O3. The molecule has 6 nitrogen and oxygen atoms in total. The number of ether oxygens (including phenoxy) is 1. The minimum absolute atomic E-state index is 0.00642. The summed E-state index contributed by atoms with van der Waals surface area (Å²) in [5.74, 6) is 1.52. The van der Waals surface area contributed by atoms with Crippen LogP contribution in [-0.4, -0.2) is 53.6 Å². The van der Waals surface area contributed by atoms with E-state index in [-0.39, 0.29) is 12.5 Å². The first-order valence-corrected chi connectivity index (χ1v) is 8.71. The summed E-state index contributed by atoms with van der Waals surface area (Å²) in [6.07, 6.45) is 0. The highest BCUT2D eigenvalue weighted by atomic mass is 35.5. The molecule has 1 aromatic carbocycles. The smallest absolute Gasteiger partial charge is 0.260 e. The highest BCUT2D eigenvalue weighted by Gasteiger charge is 2.23. The molecule has 0 N–H and O–H groups in total. The van der Waals surface area contributed by atoms with Crippen molar-refractivity contribution in [3.05, 3.63) is 46.3 Å². The lowest BCUT2D eigenvalue weighted by Gasteiger charge is -2.34. The molecule has 0 unspecified atom stereocenters. The number of carbonyl (C=O) groups is 1. The Labute approximate surface area is 152 Å². The van der Waals surface area contributed by atoms with Gasteiger partial charge in [-0.25, -0.2) is 0 Å². The van der Waals surface area contributed by atoms with Crippen LogP contribution in [0.25, 0.3) is 0 Å². The number of amides is 1. The molecule has 134 valence electrons. The van der Waals surface area contributed by atoms with Gasteiger partial charge in [-0.3, -0.25) is 9.69 Å². The van der Waals surface area contributed by atoms with E-state index in [9.17, 15) is 4.79 Å². The Bertz CT molecular complexity index is 702. The van der Waals surface area contributed by atoms with Crippen LogP contribution in [0.2, 0.25) is 5.02 Å². The number of hydrogen-bond donors (Lipinski definition) is 0. The van der Waals surface area contributed by atoms with Crippen LogP contribution in [0, 0.1) is 13.8 Å². The lowest BCUT2D eigenvalue weighted by Crippen LogP contribution is -2.49. The highest BCUT2D eigenvalue weighted by molar-refractivity contribution is 6.30. The first-order chi connectivity index (χ1) is 12.0. The average Bonchev–Trinajstić information content (AvgIpc) is 2.93. The molecule has 25 heavy (non-hydrogen) atoms. The lowest BCUT2D eigenvalue weighted by atomic mass is 10.2. The van der Waals surface area contributed by atoms with E-state index in [0.29, 0.717) is 23.9 Å². The molecule has 1 amide bonds. The molecular weight excluding hydrogens is 342 g/mol. The average molecular weight is 364 g/mol. The second-order valence-corrected chi connectivity index (χ2v) is 6.64. The number of nitrogens with zero attached hydrogens (tertiary/aromatic N) is 3. The van der Waals surface area contributed by atoms with Gasteiger partial charge in [0, 0.05) is 43.3 Å². The molecule has 1 saturated heterocycles. The summed E-state index contributed by atoms with van der Waals surface area (Å²) in [4.78, 5) is 16.5. The van der Waals surface area contributed by atoms with Gasteiger partial charge in [-0.1, -0.05) is 16.8 Å². The molecule has 2 aromatic rings. The van der Waals surface area contributed by atoms with Crippen molar-refractivity contribution >= 4 is 17.5 Å². The van der Waals surface area contributed by atoms with Crippen LogP contribution in [0.5, 0.6) is 5.75 Å². The molecule has 0 radical (unpaired) electrons. The number of aromatic nitrogens is 1. The Hall–Kier alpha value is -2.05. The van der Waals surface area contributed by atoms with Gasteiger partial charge in [0.2, 0.25) is 0 Å². The second kappa shape index (κ2) is 7.89. The summed E-state index contributed by atoms with van der Waals surface area (Å²) in [6, 6.07) is 7.01. The summed E-state index contributed by atoms with van der Waals surface area (Å²) < 4.78 is 10.7. The van der Waals surface area contributed by atoms with Crippen LogP contribution in [0.1, 0.15) is 17.0 Å². The van der Waals surface area contributed by atoms with E-state index in [2.05, 4.69) is 10.1 Å². The quantitative estimate of drug-likeness (QED) is 0.817. The van der Waals surface area contributed by atoms with E-state index in [1.807, 2.05) is 18.7 Å². The Morgan fingerprint density at radius 2 is 1.88 bits per heavy atom. The third-order valence-electron chi connectivity index (χ3n) is 4.46. The maximum atomic E-state index is 12.3. The van der Waals surface area contributed by atoms with Crippen molar-refractivity contribution in [2.45, 2.75) is 20.4 Å². The Morgan fingerprint density at radius 1 is 1.20 bits per heavy atom. The Balaban J connectivity index is 1.45. The number of aryl methyl sites for hydroxylation is 2. The van der Waals surface area contributed by atoms with Gasteiger partial charge in [-0.2, -0.15) is 0 Å². The molecule has 0 atom stereocenters. The maximum absolute atomic E-state index is 12.3. The Morgan fingerprint density at radius 3 is 2.48 bits per heavy atom. The van der Waals surface area contributed by atoms with Crippen LogP contribution in [0.4, 0.5) is 0 Å². The van der Waals surface area contributed by atoms with Crippen molar-refractivity contribution in [1.82, 2.24) is 15.0 Å². The van der Waals surface area contributed by atoms with Gasteiger partial charge >= 0.3 is 0 Å². The molecule has 0 bridgehead atoms. The van der Waals surface area contributed by atoms with E-state index < -0.39 is 0 Å². The molecule has 0 saturated carbocycles. The molecule has 2 heterocycles. The van der Waals surface area contributed by atoms with E-state index in [4.69, 9.17) is 20.9 Å². The first kappa shape index (κ1) is 17.8. The molecule has 1 aliphatic heterocycles. The fourth-order valence-electron chi connectivity index (χ4n) is 2.87. The molecule has 1 aliphatic rings. The second-order valence-electron chi connectivity index (χ2n) is 6.20. The van der Waals surface area contributed by atoms with Gasteiger partial charge in [0.1, 0.15) is 11.5 Å². The number of piperazine rings is 1. The number of benzene rings is 1. The predicted octanol–water partition coefficient (Wildman–Crippen LogP) is 2.67. The normalized spacial score (nSPS) is 15.4.